The molecule has 1 unspecified atom stereocenters. The molecule has 2 aromatic rings. The van der Waals surface area contributed by atoms with Crippen LogP contribution < -0.4 is 4.74 Å². The van der Waals surface area contributed by atoms with Gasteiger partial charge in [-0.3, -0.25) is 4.79 Å². The minimum absolute atomic E-state index is 0.0683. The van der Waals surface area contributed by atoms with Crippen LogP contribution in [-0.4, -0.2) is 42.2 Å². The van der Waals surface area contributed by atoms with Crippen LogP contribution in [0.1, 0.15) is 29.9 Å². The molecular weight excluding hydrogens is 310 g/mol. The molecule has 124 valence electrons. The summed E-state index contributed by atoms with van der Waals surface area (Å²) in [6.07, 6.45) is 0.142. The fraction of sp³-hybridized carbons (Fsp3) is 0.389. The smallest absolute Gasteiger partial charge is 0.267 e. The van der Waals surface area contributed by atoms with Gasteiger partial charge in [0.15, 0.2) is 0 Å². The van der Waals surface area contributed by atoms with E-state index in [9.17, 15) is 9.90 Å². The van der Waals surface area contributed by atoms with E-state index in [1.165, 1.54) is 11.3 Å². The maximum Gasteiger partial charge on any atom is 0.267 e. The van der Waals surface area contributed by atoms with Crippen LogP contribution in [0, 0.1) is 0 Å². The molecule has 1 heterocycles. The third-order valence-corrected chi connectivity index (χ3v) is 4.63. The Morgan fingerprint density at radius 1 is 1.35 bits per heavy atom. The lowest BCUT2D eigenvalue weighted by Crippen LogP contribution is -2.29. The van der Waals surface area contributed by atoms with Crippen LogP contribution in [0.3, 0.4) is 0 Å². The Hall–Kier alpha value is -1.85. The summed E-state index contributed by atoms with van der Waals surface area (Å²) in [5, 5.41) is 9.39. The van der Waals surface area contributed by atoms with Gasteiger partial charge in [-0.05, 0) is 31.9 Å². The Morgan fingerprint density at radius 3 is 2.65 bits per heavy atom. The highest BCUT2D eigenvalue weighted by Crippen LogP contribution is 2.37. The standard InChI is InChI=1S/C18H23NO3S/c1-4-22-15-12-16(14-8-6-5-7-9-14)23-17(15)18(21)19(3)11-10-13(2)20/h5-9,12-13,20H,4,10-11H2,1-3H3. The second-order valence-corrected chi connectivity index (χ2v) is 6.52. The molecule has 0 spiro atoms. The number of carbonyl (C=O) groups excluding carboxylic acids is 1. The molecule has 4 nitrogen and oxygen atoms in total. The van der Waals surface area contributed by atoms with Crippen molar-refractivity contribution in [2.75, 3.05) is 20.2 Å². The number of hydrogen-bond acceptors (Lipinski definition) is 4. The predicted octanol–water partition coefficient (Wildman–Crippen LogP) is 3.66. The maximum atomic E-state index is 12.7. The molecule has 1 aromatic heterocycles. The Balaban J connectivity index is 2.26. The zero-order chi connectivity index (χ0) is 16.8. The Morgan fingerprint density at radius 2 is 2.04 bits per heavy atom. The van der Waals surface area contributed by atoms with E-state index in [0.29, 0.717) is 30.2 Å². The summed E-state index contributed by atoms with van der Waals surface area (Å²) in [6.45, 7) is 4.66. The molecule has 0 aliphatic rings. The van der Waals surface area contributed by atoms with E-state index in [4.69, 9.17) is 4.74 Å². The number of benzene rings is 1. The summed E-state index contributed by atoms with van der Waals surface area (Å²) in [6, 6.07) is 11.9. The Bertz CT molecular complexity index is 637. The third kappa shape index (κ3) is 4.56. The van der Waals surface area contributed by atoms with Crippen molar-refractivity contribution >= 4 is 17.2 Å². The molecule has 1 amide bonds. The third-order valence-electron chi connectivity index (χ3n) is 3.48. The van der Waals surface area contributed by atoms with Crippen molar-refractivity contribution in [3.63, 3.8) is 0 Å². The first-order valence-electron chi connectivity index (χ1n) is 7.78. The lowest BCUT2D eigenvalue weighted by atomic mass is 10.2. The summed E-state index contributed by atoms with van der Waals surface area (Å²) >= 11 is 1.44. The monoisotopic (exact) mass is 333 g/mol. The van der Waals surface area contributed by atoms with Crippen molar-refractivity contribution in [3.05, 3.63) is 41.3 Å². The van der Waals surface area contributed by atoms with Gasteiger partial charge in [0.1, 0.15) is 10.6 Å². The summed E-state index contributed by atoms with van der Waals surface area (Å²) < 4.78 is 5.65. The van der Waals surface area contributed by atoms with Crippen molar-refractivity contribution in [1.82, 2.24) is 4.90 Å². The lowest BCUT2D eigenvalue weighted by molar-refractivity contribution is 0.0770. The zero-order valence-electron chi connectivity index (χ0n) is 13.8. The van der Waals surface area contributed by atoms with Crippen LogP contribution in [0.15, 0.2) is 36.4 Å². The largest absolute Gasteiger partial charge is 0.492 e. The fourth-order valence-electron chi connectivity index (χ4n) is 2.19. The Labute approximate surface area is 141 Å². The summed E-state index contributed by atoms with van der Waals surface area (Å²) in [5.74, 6) is 0.562. The highest BCUT2D eigenvalue weighted by Gasteiger charge is 2.21. The van der Waals surface area contributed by atoms with Crippen molar-refractivity contribution < 1.29 is 14.6 Å². The van der Waals surface area contributed by atoms with Gasteiger partial charge >= 0.3 is 0 Å². The minimum atomic E-state index is -0.417. The summed E-state index contributed by atoms with van der Waals surface area (Å²) in [4.78, 5) is 15.9. The predicted molar refractivity (Wildman–Crippen MR) is 94.2 cm³/mol. The van der Waals surface area contributed by atoms with Crippen molar-refractivity contribution in [1.29, 1.82) is 0 Å². The molecule has 23 heavy (non-hydrogen) atoms. The van der Waals surface area contributed by atoms with E-state index in [1.54, 1.807) is 18.9 Å². The first-order chi connectivity index (χ1) is 11.0. The molecule has 5 heteroatoms. The van der Waals surface area contributed by atoms with Gasteiger partial charge in [0.25, 0.3) is 5.91 Å². The van der Waals surface area contributed by atoms with Crippen LogP contribution in [0.5, 0.6) is 5.75 Å². The maximum absolute atomic E-state index is 12.7. The Kier molecular flexibility index (Phi) is 6.19. The number of thiophene rings is 1. The average Bonchev–Trinajstić information content (AvgIpc) is 2.97. The van der Waals surface area contributed by atoms with Crippen LogP contribution in [0.2, 0.25) is 0 Å². The van der Waals surface area contributed by atoms with E-state index in [2.05, 4.69) is 0 Å². The molecule has 0 saturated heterocycles. The van der Waals surface area contributed by atoms with Crippen molar-refractivity contribution in [2.24, 2.45) is 0 Å². The molecule has 1 atom stereocenters. The SMILES string of the molecule is CCOc1cc(-c2ccccc2)sc1C(=O)N(C)CCC(C)O. The summed E-state index contributed by atoms with van der Waals surface area (Å²) in [7, 11) is 1.75. The quantitative estimate of drug-likeness (QED) is 0.841. The second-order valence-electron chi connectivity index (χ2n) is 5.47. The normalized spacial score (nSPS) is 12.0. The molecule has 2 rings (SSSR count). The highest BCUT2D eigenvalue weighted by atomic mass is 32.1. The molecule has 0 radical (unpaired) electrons. The van der Waals surface area contributed by atoms with Crippen LogP contribution >= 0.6 is 11.3 Å². The lowest BCUT2D eigenvalue weighted by Gasteiger charge is -2.17. The van der Waals surface area contributed by atoms with Gasteiger partial charge in [-0.1, -0.05) is 30.3 Å². The van der Waals surface area contributed by atoms with Crippen LogP contribution in [0.4, 0.5) is 0 Å². The van der Waals surface area contributed by atoms with Gasteiger partial charge in [-0.15, -0.1) is 11.3 Å². The fourth-order valence-corrected chi connectivity index (χ4v) is 3.29. The number of aliphatic hydroxyl groups excluding tert-OH is 1. The van der Waals surface area contributed by atoms with Crippen LogP contribution in [0.25, 0.3) is 10.4 Å². The van der Waals surface area contributed by atoms with Crippen molar-refractivity contribution in [2.45, 2.75) is 26.4 Å². The average molecular weight is 333 g/mol. The van der Waals surface area contributed by atoms with Crippen LogP contribution in [-0.2, 0) is 0 Å². The van der Waals surface area contributed by atoms with E-state index in [0.717, 1.165) is 10.4 Å². The zero-order valence-corrected chi connectivity index (χ0v) is 14.6. The van der Waals surface area contributed by atoms with E-state index in [-0.39, 0.29) is 5.91 Å². The summed E-state index contributed by atoms with van der Waals surface area (Å²) in [5.41, 5.74) is 1.07. The van der Waals surface area contributed by atoms with E-state index < -0.39 is 6.10 Å². The van der Waals surface area contributed by atoms with Gasteiger partial charge < -0.3 is 14.7 Å². The number of ether oxygens (including phenoxy) is 1. The van der Waals surface area contributed by atoms with E-state index in [1.807, 2.05) is 43.3 Å². The number of hydrogen-bond donors (Lipinski definition) is 1. The first-order valence-corrected chi connectivity index (χ1v) is 8.60. The molecule has 1 N–H and O–H groups in total. The van der Waals surface area contributed by atoms with Gasteiger partial charge in [-0.2, -0.15) is 0 Å². The minimum Gasteiger partial charge on any atom is -0.492 e. The molecule has 0 saturated carbocycles. The number of amides is 1. The molecule has 0 bridgehead atoms. The molecular formula is C18H23NO3S. The molecule has 0 aliphatic heterocycles. The van der Waals surface area contributed by atoms with Gasteiger partial charge in [0.2, 0.25) is 0 Å². The first kappa shape index (κ1) is 17.5. The topological polar surface area (TPSA) is 49.8 Å². The van der Waals surface area contributed by atoms with Gasteiger partial charge in [0.05, 0.1) is 12.7 Å². The van der Waals surface area contributed by atoms with Gasteiger partial charge in [-0.25, -0.2) is 0 Å². The second kappa shape index (κ2) is 8.13. The van der Waals surface area contributed by atoms with Gasteiger partial charge in [0, 0.05) is 18.5 Å². The number of aliphatic hydroxyl groups is 1. The van der Waals surface area contributed by atoms with Crippen molar-refractivity contribution in [3.8, 4) is 16.2 Å². The number of rotatable bonds is 7. The number of nitrogens with zero attached hydrogens (tertiary/aromatic N) is 1. The van der Waals surface area contributed by atoms with E-state index >= 15 is 0 Å². The number of carbonyl (C=O) groups is 1. The highest BCUT2D eigenvalue weighted by molar-refractivity contribution is 7.17. The molecule has 1 aromatic carbocycles. The molecule has 0 aliphatic carbocycles. The molecule has 0 fully saturated rings.